The number of hydrogen-bond acceptors (Lipinski definition) is 3. The lowest BCUT2D eigenvalue weighted by Crippen LogP contribution is -2.16. The molecular formula is C19H23ClN2O2. The van der Waals surface area contributed by atoms with Gasteiger partial charge in [0.1, 0.15) is 0 Å². The lowest BCUT2D eigenvalue weighted by Gasteiger charge is -2.09. The van der Waals surface area contributed by atoms with E-state index in [0.29, 0.717) is 10.6 Å². The lowest BCUT2D eigenvalue weighted by molar-refractivity contribution is 0.102. The summed E-state index contributed by atoms with van der Waals surface area (Å²) in [7, 11) is 1.72. The fraction of sp³-hybridized carbons (Fsp3) is 0.316. The Labute approximate surface area is 148 Å². The molecule has 24 heavy (non-hydrogen) atoms. The van der Waals surface area contributed by atoms with Gasteiger partial charge in [0.05, 0.1) is 10.6 Å². The first-order valence-corrected chi connectivity index (χ1v) is 8.43. The Hall–Kier alpha value is -1.88. The summed E-state index contributed by atoms with van der Waals surface area (Å²) in [5.74, 6) is -0.203. The highest BCUT2D eigenvalue weighted by Crippen LogP contribution is 2.18. The molecule has 4 nitrogen and oxygen atoms in total. The molecule has 0 saturated carbocycles. The summed E-state index contributed by atoms with van der Waals surface area (Å²) in [4.78, 5) is 12.3. The van der Waals surface area contributed by atoms with E-state index in [4.69, 9.17) is 16.3 Å². The van der Waals surface area contributed by atoms with E-state index in [2.05, 4.69) is 10.6 Å². The normalized spacial score (nSPS) is 10.6. The molecule has 0 aromatic heterocycles. The molecular weight excluding hydrogens is 324 g/mol. The van der Waals surface area contributed by atoms with Gasteiger partial charge in [0.25, 0.3) is 5.91 Å². The molecule has 0 aliphatic carbocycles. The Morgan fingerprint density at radius 3 is 2.75 bits per heavy atom. The van der Waals surface area contributed by atoms with Gasteiger partial charge in [-0.3, -0.25) is 4.79 Å². The summed E-state index contributed by atoms with van der Waals surface area (Å²) in [6.45, 7) is 2.51. The van der Waals surface area contributed by atoms with Crippen molar-refractivity contribution in [1.82, 2.24) is 5.32 Å². The third kappa shape index (κ3) is 5.96. The van der Waals surface area contributed by atoms with E-state index in [9.17, 15) is 4.79 Å². The Morgan fingerprint density at radius 1 is 1.12 bits per heavy atom. The second-order valence-electron chi connectivity index (χ2n) is 5.51. The number of amides is 1. The van der Waals surface area contributed by atoms with E-state index >= 15 is 0 Å². The van der Waals surface area contributed by atoms with Crippen molar-refractivity contribution in [3.8, 4) is 0 Å². The average molecular weight is 347 g/mol. The molecule has 0 bridgehead atoms. The first-order chi connectivity index (χ1) is 11.7. The van der Waals surface area contributed by atoms with E-state index in [1.54, 1.807) is 31.4 Å². The zero-order chi connectivity index (χ0) is 17.2. The highest BCUT2D eigenvalue weighted by atomic mass is 35.5. The Kier molecular flexibility index (Phi) is 7.75. The number of carbonyl (C=O) groups excluding carboxylic acids is 1. The van der Waals surface area contributed by atoms with Crippen molar-refractivity contribution in [2.24, 2.45) is 0 Å². The molecule has 0 unspecified atom stereocenters. The molecule has 2 rings (SSSR count). The molecule has 0 aliphatic rings. The number of ether oxygens (including phenoxy) is 1. The van der Waals surface area contributed by atoms with E-state index in [1.807, 2.05) is 24.3 Å². The van der Waals surface area contributed by atoms with Crippen LogP contribution in [0.5, 0.6) is 0 Å². The highest BCUT2D eigenvalue weighted by molar-refractivity contribution is 6.34. The van der Waals surface area contributed by atoms with Gasteiger partial charge in [-0.2, -0.15) is 0 Å². The zero-order valence-electron chi connectivity index (χ0n) is 13.8. The molecule has 0 atom stereocenters. The van der Waals surface area contributed by atoms with Crippen LogP contribution in [-0.2, 0) is 11.3 Å². The molecule has 0 fully saturated rings. The number of nitrogens with one attached hydrogen (secondary N) is 2. The van der Waals surface area contributed by atoms with Crippen LogP contribution < -0.4 is 10.6 Å². The predicted octanol–water partition coefficient (Wildman–Crippen LogP) is 4.11. The fourth-order valence-electron chi connectivity index (χ4n) is 2.33. The molecule has 1 amide bonds. The maximum Gasteiger partial charge on any atom is 0.257 e. The minimum Gasteiger partial charge on any atom is -0.385 e. The van der Waals surface area contributed by atoms with Crippen LogP contribution in [0.15, 0.2) is 48.5 Å². The van der Waals surface area contributed by atoms with Crippen LogP contribution in [0.3, 0.4) is 0 Å². The molecule has 0 radical (unpaired) electrons. The van der Waals surface area contributed by atoms with Gasteiger partial charge in [-0.05, 0) is 49.2 Å². The number of rotatable bonds is 9. The molecule has 128 valence electrons. The number of methoxy groups -OCH3 is 1. The van der Waals surface area contributed by atoms with Crippen molar-refractivity contribution in [3.05, 3.63) is 64.7 Å². The van der Waals surface area contributed by atoms with E-state index in [1.165, 1.54) is 0 Å². The van der Waals surface area contributed by atoms with Crippen molar-refractivity contribution in [3.63, 3.8) is 0 Å². The molecule has 5 heteroatoms. The summed E-state index contributed by atoms with van der Waals surface area (Å²) in [6, 6.07) is 14.8. The topological polar surface area (TPSA) is 50.4 Å². The first kappa shape index (κ1) is 18.5. The first-order valence-electron chi connectivity index (χ1n) is 8.05. The van der Waals surface area contributed by atoms with Crippen LogP contribution in [0, 0.1) is 0 Å². The van der Waals surface area contributed by atoms with Crippen LogP contribution in [0.4, 0.5) is 5.69 Å². The van der Waals surface area contributed by atoms with Gasteiger partial charge in [0.15, 0.2) is 0 Å². The third-order valence-electron chi connectivity index (χ3n) is 3.58. The van der Waals surface area contributed by atoms with Crippen LogP contribution >= 0.6 is 11.6 Å². The summed E-state index contributed by atoms with van der Waals surface area (Å²) in [5.41, 5.74) is 2.36. The standard InChI is InChI=1S/C19H23ClN2O2/c1-24-12-5-4-11-21-14-15-7-6-8-16(13-15)22-19(23)17-9-2-3-10-18(17)20/h2-3,6-10,13,21H,4-5,11-12,14H2,1H3,(H,22,23). The van der Waals surface area contributed by atoms with Crippen LogP contribution in [0.1, 0.15) is 28.8 Å². The Balaban J connectivity index is 1.86. The number of benzene rings is 2. The molecule has 2 aromatic carbocycles. The van der Waals surface area contributed by atoms with Crippen LogP contribution in [0.2, 0.25) is 5.02 Å². The molecule has 2 aromatic rings. The second-order valence-corrected chi connectivity index (χ2v) is 5.92. The number of unbranched alkanes of at least 4 members (excludes halogenated alkanes) is 1. The average Bonchev–Trinajstić information content (AvgIpc) is 2.58. The van der Waals surface area contributed by atoms with Crippen molar-refractivity contribution >= 4 is 23.2 Å². The SMILES string of the molecule is COCCCCNCc1cccc(NC(=O)c2ccccc2Cl)c1. The number of anilines is 1. The largest absolute Gasteiger partial charge is 0.385 e. The summed E-state index contributed by atoms with van der Waals surface area (Å²) < 4.78 is 5.03. The van der Waals surface area contributed by atoms with Crippen LogP contribution in [0.25, 0.3) is 0 Å². The minimum atomic E-state index is -0.203. The number of halogens is 1. The summed E-state index contributed by atoms with van der Waals surface area (Å²) in [6.07, 6.45) is 2.13. The van der Waals surface area contributed by atoms with E-state index in [0.717, 1.165) is 43.8 Å². The van der Waals surface area contributed by atoms with Crippen molar-refractivity contribution in [2.75, 3.05) is 25.6 Å². The summed E-state index contributed by atoms with van der Waals surface area (Å²) >= 11 is 6.06. The quantitative estimate of drug-likeness (QED) is 0.672. The van der Waals surface area contributed by atoms with Crippen molar-refractivity contribution < 1.29 is 9.53 Å². The lowest BCUT2D eigenvalue weighted by atomic mass is 10.1. The Morgan fingerprint density at radius 2 is 1.96 bits per heavy atom. The van der Waals surface area contributed by atoms with Crippen molar-refractivity contribution in [1.29, 1.82) is 0 Å². The molecule has 0 aliphatic heterocycles. The van der Waals surface area contributed by atoms with Crippen molar-refractivity contribution in [2.45, 2.75) is 19.4 Å². The summed E-state index contributed by atoms with van der Waals surface area (Å²) in [5, 5.41) is 6.73. The monoisotopic (exact) mass is 346 g/mol. The van der Waals surface area contributed by atoms with Gasteiger partial charge in [-0.25, -0.2) is 0 Å². The third-order valence-corrected chi connectivity index (χ3v) is 3.91. The minimum absolute atomic E-state index is 0.203. The maximum absolute atomic E-state index is 12.3. The van der Waals surface area contributed by atoms with Gasteiger partial charge in [-0.15, -0.1) is 0 Å². The Bertz CT molecular complexity index is 661. The van der Waals surface area contributed by atoms with Gasteiger partial charge < -0.3 is 15.4 Å². The zero-order valence-corrected chi connectivity index (χ0v) is 14.6. The predicted molar refractivity (Wildman–Crippen MR) is 98.7 cm³/mol. The second kappa shape index (κ2) is 10.1. The number of carbonyl (C=O) groups is 1. The maximum atomic E-state index is 12.3. The molecule has 0 heterocycles. The van der Waals surface area contributed by atoms with E-state index in [-0.39, 0.29) is 5.91 Å². The highest BCUT2D eigenvalue weighted by Gasteiger charge is 2.09. The van der Waals surface area contributed by atoms with Gasteiger partial charge in [-0.1, -0.05) is 35.9 Å². The molecule has 2 N–H and O–H groups in total. The molecule has 0 spiro atoms. The smallest absolute Gasteiger partial charge is 0.257 e. The number of hydrogen-bond donors (Lipinski definition) is 2. The fourth-order valence-corrected chi connectivity index (χ4v) is 2.55. The molecule has 0 saturated heterocycles. The van der Waals surface area contributed by atoms with Crippen LogP contribution in [-0.4, -0.2) is 26.2 Å². The van der Waals surface area contributed by atoms with Gasteiger partial charge in [0, 0.05) is 25.9 Å². The van der Waals surface area contributed by atoms with E-state index < -0.39 is 0 Å². The van der Waals surface area contributed by atoms with Gasteiger partial charge >= 0.3 is 0 Å². The van der Waals surface area contributed by atoms with Gasteiger partial charge in [0.2, 0.25) is 0 Å².